The van der Waals surface area contributed by atoms with Crippen LogP contribution in [-0.4, -0.2) is 27.1 Å². The van der Waals surface area contributed by atoms with Crippen LogP contribution < -0.4 is 14.5 Å². The molecule has 0 radical (unpaired) electrons. The minimum atomic E-state index is -3.65. The molecule has 0 aliphatic carbocycles. The maximum atomic E-state index is 13.2. The van der Waals surface area contributed by atoms with Crippen molar-refractivity contribution in [2.45, 2.75) is 44.0 Å². The summed E-state index contributed by atoms with van der Waals surface area (Å²) in [5, 5.41) is 5.70. The van der Waals surface area contributed by atoms with Crippen LogP contribution in [0.3, 0.4) is 0 Å². The Balaban J connectivity index is 1.17. The zero-order chi connectivity index (χ0) is 27.2. The number of carbonyl (C=O) groups excluding carboxylic acids is 1. The first-order chi connectivity index (χ1) is 19.0. The highest BCUT2D eigenvalue weighted by Crippen LogP contribution is 2.42. The van der Waals surface area contributed by atoms with E-state index < -0.39 is 10.0 Å². The molecular formula is C31H31N3O4S. The molecule has 1 amide bonds. The number of hydrogen-bond donors (Lipinski definition) is 1. The van der Waals surface area contributed by atoms with Crippen LogP contribution in [0.4, 0.5) is 5.69 Å². The Hall–Kier alpha value is -4.17. The molecule has 0 fully saturated rings. The van der Waals surface area contributed by atoms with Crippen LogP contribution in [0.2, 0.25) is 0 Å². The van der Waals surface area contributed by atoms with Gasteiger partial charge in [0.05, 0.1) is 29.9 Å². The molecule has 0 unspecified atom stereocenters. The summed E-state index contributed by atoms with van der Waals surface area (Å²) in [7, 11) is -3.65. The first-order valence-electron chi connectivity index (χ1n) is 13.2. The smallest absolute Gasteiger partial charge is 0.271 e. The maximum Gasteiger partial charge on any atom is 0.271 e. The van der Waals surface area contributed by atoms with Crippen molar-refractivity contribution >= 4 is 38.6 Å². The molecule has 0 bridgehead atoms. The van der Waals surface area contributed by atoms with Crippen LogP contribution in [0.15, 0.2) is 94.9 Å². The summed E-state index contributed by atoms with van der Waals surface area (Å²) < 4.78 is 33.6. The number of carbonyl (C=O) groups is 1. The summed E-state index contributed by atoms with van der Waals surface area (Å²) in [5.74, 6) is 0.464. The Kier molecular flexibility index (Phi) is 7.93. The van der Waals surface area contributed by atoms with Gasteiger partial charge in [-0.2, -0.15) is 5.10 Å². The predicted octanol–water partition coefficient (Wildman–Crippen LogP) is 6.27. The number of nitrogens with zero attached hydrogens (tertiary/aromatic N) is 2. The molecular weight excluding hydrogens is 510 g/mol. The Morgan fingerprint density at radius 2 is 1.67 bits per heavy atom. The van der Waals surface area contributed by atoms with E-state index in [-0.39, 0.29) is 12.5 Å². The third-order valence-electron chi connectivity index (χ3n) is 6.75. The molecule has 0 atom stereocenters. The fraction of sp³-hybridized carbons (Fsp3) is 0.226. The number of unbranched alkanes of at least 4 members (excludes halogenated alkanes) is 3. The van der Waals surface area contributed by atoms with Gasteiger partial charge in [-0.25, -0.2) is 13.8 Å². The number of hydrazone groups is 1. The van der Waals surface area contributed by atoms with Crippen LogP contribution in [0.25, 0.3) is 10.8 Å². The number of anilines is 1. The summed E-state index contributed by atoms with van der Waals surface area (Å²) in [6, 6.07) is 25.3. The van der Waals surface area contributed by atoms with Crippen molar-refractivity contribution in [3.8, 4) is 5.75 Å². The van der Waals surface area contributed by atoms with Gasteiger partial charge in [0.2, 0.25) is 0 Å². The van der Waals surface area contributed by atoms with Gasteiger partial charge in [-0.1, -0.05) is 62.6 Å². The number of nitrogens with one attached hydrogen (secondary N) is 1. The number of hydrogen-bond acceptors (Lipinski definition) is 5. The molecule has 4 aromatic carbocycles. The van der Waals surface area contributed by atoms with E-state index in [9.17, 15) is 13.2 Å². The summed E-state index contributed by atoms with van der Waals surface area (Å²) in [5.41, 5.74) is 5.25. The molecule has 1 N–H and O–H groups in total. The highest BCUT2D eigenvalue weighted by Gasteiger charge is 2.35. The largest absolute Gasteiger partial charge is 0.494 e. The minimum Gasteiger partial charge on any atom is -0.494 e. The second-order valence-electron chi connectivity index (χ2n) is 9.52. The molecule has 1 aliphatic rings. The van der Waals surface area contributed by atoms with Gasteiger partial charge in [-0.05, 0) is 71.5 Å². The third kappa shape index (κ3) is 5.81. The van der Waals surface area contributed by atoms with Crippen molar-refractivity contribution in [3.05, 3.63) is 102 Å². The lowest BCUT2D eigenvalue weighted by Gasteiger charge is -2.19. The van der Waals surface area contributed by atoms with E-state index >= 15 is 0 Å². The second-order valence-corrected chi connectivity index (χ2v) is 11.3. The lowest BCUT2D eigenvalue weighted by molar-refractivity contribution is 0.0955. The predicted molar refractivity (Wildman–Crippen MR) is 155 cm³/mol. The number of sulfonamides is 1. The topological polar surface area (TPSA) is 88.1 Å². The van der Waals surface area contributed by atoms with Crippen molar-refractivity contribution in [2.24, 2.45) is 5.10 Å². The van der Waals surface area contributed by atoms with Crippen LogP contribution >= 0.6 is 0 Å². The lowest BCUT2D eigenvalue weighted by Crippen LogP contribution is -2.26. The molecule has 8 heteroatoms. The fourth-order valence-corrected chi connectivity index (χ4v) is 6.35. The fourth-order valence-electron chi connectivity index (χ4n) is 4.65. The van der Waals surface area contributed by atoms with Crippen molar-refractivity contribution in [3.63, 3.8) is 0 Å². The normalized spacial score (nSPS) is 13.7. The molecule has 4 aromatic rings. The summed E-state index contributed by atoms with van der Waals surface area (Å²) >= 11 is 0. The van der Waals surface area contributed by atoms with Crippen molar-refractivity contribution < 1.29 is 17.9 Å². The van der Waals surface area contributed by atoms with Gasteiger partial charge < -0.3 is 4.74 Å². The first-order valence-corrected chi connectivity index (χ1v) is 14.6. The Labute approximate surface area is 229 Å². The van der Waals surface area contributed by atoms with E-state index in [1.807, 2.05) is 48.5 Å². The van der Waals surface area contributed by atoms with Gasteiger partial charge in [0.15, 0.2) is 0 Å². The van der Waals surface area contributed by atoms with E-state index in [1.54, 1.807) is 42.6 Å². The van der Waals surface area contributed by atoms with Gasteiger partial charge in [0.25, 0.3) is 15.9 Å². The van der Waals surface area contributed by atoms with Crippen LogP contribution in [-0.2, 0) is 16.6 Å². The molecule has 0 saturated carbocycles. The Bertz CT molecular complexity index is 1590. The molecule has 7 nitrogen and oxygen atoms in total. The standard InChI is InChI=1S/C31H31N3O4S/c1-2-3-4-5-20-38-27-18-14-23(15-19-27)21-32-33-31(35)26-16-12-24(13-17-26)22-34-28-10-6-8-25-9-7-11-29(30(25)28)39(34,36)37/h6-19,21H,2-5,20,22H2,1H3,(H,33,35). The summed E-state index contributed by atoms with van der Waals surface area (Å²) in [6.45, 7) is 3.07. The van der Waals surface area contributed by atoms with E-state index in [1.165, 1.54) is 23.6 Å². The van der Waals surface area contributed by atoms with Gasteiger partial charge in [-0.3, -0.25) is 9.10 Å². The first kappa shape index (κ1) is 26.4. The maximum absolute atomic E-state index is 13.2. The summed E-state index contributed by atoms with van der Waals surface area (Å²) in [4.78, 5) is 12.9. The molecule has 0 saturated heterocycles. The number of ether oxygens (including phenoxy) is 1. The van der Waals surface area contributed by atoms with Crippen molar-refractivity contribution in [2.75, 3.05) is 10.9 Å². The van der Waals surface area contributed by atoms with Gasteiger partial charge in [0, 0.05) is 10.9 Å². The number of amides is 1. The second kappa shape index (κ2) is 11.7. The minimum absolute atomic E-state index is 0.175. The van der Waals surface area contributed by atoms with Crippen LogP contribution in [0, 0.1) is 0 Å². The lowest BCUT2D eigenvalue weighted by atomic mass is 10.1. The van der Waals surface area contributed by atoms with E-state index in [0.717, 1.165) is 34.1 Å². The molecule has 0 spiro atoms. The molecule has 1 heterocycles. The highest BCUT2D eigenvalue weighted by molar-refractivity contribution is 7.93. The van der Waals surface area contributed by atoms with Crippen molar-refractivity contribution in [1.29, 1.82) is 0 Å². The average Bonchev–Trinajstić information content (AvgIpc) is 3.17. The van der Waals surface area contributed by atoms with Crippen LogP contribution in [0.1, 0.15) is 54.1 Å². The molecule has 5 rings (SSSR count). The zero-order valence-electron chi connectivity index (χ0n) is 21.8. The van der Waals surface area contributed by atoms with E-state index in [0.29, 0.717) is 22.8 Å². The van der Waals surface area contributed by atoms with Crippen LogP contribution in [0.5, 0.6) is 5.75 Å². The molecule has 1 aliphatic heterocycles. The van der Waals surface area contributed by atoms with E-state index in [4.69, 9.17) is 4.74 Å². The monoisotopic (exact) mass is 541 g/mol. The SMILES string of the molecule is CCCCCCOc1ccc(C=NNC(=O)c2ccc(CN3c4cccc5cccc(c45)S3(=O)=O)cc2)cc1. The number of rotatable bonds is 11. The number of benzene rings is 4. The highest BCUT2D eigenvalue weighted by atomic mass is 32.2. The average molecular weight is 542 g/mol. The van der Waals surface area contributed by atoms with Crippen molar-refractivity contribution in [1.82, 2.24) is 5.43 Å². The Morgan fingerprint density at radius 3 is 2.41 bits per heavy atom. The zero-order valence-corrected chi connectivity index (χ0v) is 22.7. The van der Waals surface area contributed by atoms with Gasteiger partial charge >= 0.3 is 0 Å². The quantitative estimate of drug-likeness (QED) is 0.138. The third-order valence-corrected chi connectivity index (χ3v) is 8.55. The van der Waals surface area contributed by atoms with E-state index in [2.05, 4.69) is 17.5 Å². The molecule has 0 aromatic heterocycles. The summed E-state index contributed by atoms with van der Waals surface area (Å²) in [6.07, 6.45) is 6.23. The molecule has 39 heavy (non-hydrogen) atoms. The van der Waals surface area contributed by atoms with Gasteiger partial charge in [0.1, 0.15) is 5.75 Å². The Morgan fingerprint density at radius 1 is 0.923 bits per heavy atom. The molecule has 200 valence electrons. The van der Waals surface area contributed by atoms with Gasteiger partial charge in [-0.15, -0.1) is 0 Å².